The number of hydrogen-bond acceptors (Lipinski definition) is 6. The van der Waals surface area contributed by atoms with Gasteiger partial charge >= 0.3 is 12.1 Å². The van der Waals surface area contributed by atoms with Crippen molar-refractivity contribution in [3.8, 4) is 11.1 Å². The average Bonchev–Trinajstić information content (AvgIpc) is 3.25. The van der Waals surface area contributed by atoms with Crippen LogP contribution in [0.2, 0.25) is 0 Å². The summed E-state index contributed by atoms with van der Waals surface area (Å²) in [5.74, 6) is -1.99. The van der Waals surface area contributed by atoms with Gasteiger partial charge in [0.2, 0.25) is 5.91 Å². The summed E-state index contributed by atoms with van der Waals surface area (Å²) in [5.41, 5.74) is 5.37. The number of fused-ring (bicyclic) bond motifs is 3. The number of nitrogens with zero attached hydrogens (tertiary/aromatic N) is 1. The molecule has 9 nitrogen and oxygen atoms in total. The van der Waals surface area contributed by atoms with Gasteiger partial charge in [-0.3, -0.25) is 9.69 Å². The smallest absolute Gasteiger partial charge is 0.407 e. The van der Waals surface area contributed by atoms with E-state index in [0.717, 1.165) is 27.8 Å². The van der Waals surface area contributed by atoms with Crippen molar-refractivity contribution in [2.75, 3.05) is 33.9 Å². The largest absolute Gasteiger partial charge is 0.480 e. The van der Waals surface area contributed by atoms with E-state index in [1.165, 1.54) is 7.11 Å². The SMILES string of the molecule is COC[C@H](NC(=O)OCC1c2ccccc2-c2ccccc21)C(=O)NC(CN(C)Cc1ccccc1)C(=O)O. The van der Waals surface area contributed by atoms with Gasteiger partial charge in [0.1, 0.15) is 18.7 Å². The van der Waals surface area contributed by atoms with E-state index in [9.17, 15) is 19.5 Å². The molecule has 0 heterocycles. The molecule has 3 aromatic rings. The minimum atomic E-state index is -1.19. The number of ether oxygens (including phenoxy) is 2. The highest BCUT2D eigenvalue weighted by Gasteiger charge is 2.31. The first-order valence-corrected chi connectivity index (χ1v) is 12.7. The maximum Gasteiger partial charge on any atom is 0.407 e. The van der Waals surface area contributed by atoms with Gasteiger partial charge in [0.15, 0.2) is 0 Å². The lowest BCUT2D eigenvalue weighted by Gasteiger charge is -2.25. The Morgan fingerprint density at radius 1 is 0.872 bits per heavy atom. The van der Waals surface area contributed by atoms with Crippen LogP contribution in [0.1, 0.15) is 22.6 Å². The second kappa shape index (κ2) is 13.0. The second-order valence-electron chi connectivity index (χ2n) is 9.56. The third-order valence-corrected chi connectivity index (χ3v) is 6.69. The van der Waals surface area contributed by atoms with Crippen LogP contribution in [-0.2, 0) is 25.6 Å². The number of amides is 2. The Morgan fingerprint density at radius 2 is 1.46 bits per heavy atom. The molecule has 1 unspecified atom stereocenters. The van der Waals surface area contributed by atoms with E-state index in [1.807, 2.05) is 78.9 Å². The topological polar surface area (TPSA) is 117 Å². The summed E-state index contributed by atoms with van der Waals surface area (Å²) in [6.45, 7) is 0.520. The first-order valence-electron chi connectivity index (χ1n) is 12.7. The van der Waals surface area contributed by atoms with Gasteiger partial charge in [-0.05, 0) is 34.9 Å². The number of methoxy groups -OCH3 is 1. The minimum absolute atomic E-state index is 0.0701. The van der Waals surface area contributed by atoms with Crippen LogP contribution in [0.4, 0.5) is 4.79 Å². The molecule has 2 atom stereocenters. The molecule has 0 spiro atoms. The lowest BCUT2D eigenvalue weighted by molar-refractivity contribution is -0.142. The van der Waals surface area contributed by atoms with Crippen molar-refractivity contribution in [2.45, 2.75) is 24.5 Å². The lowest BCUT2D eigenvalue weighted by Crippen LogP contribution is -2.55. The van der Waals surface area contributed by atoms with E-state index in [2.05, 4.69) is 10.6 Å². The van der Waals surface area contributed by atoms with Crippen molar-refractivity contribution < 1.29 is 29.0 Å². The molecule has 3 N–H and O–H groups in total. The molecule has 204 valence electrons. The number of carboxylic acids is 1. The predicted octanol–water partition coefficient (Wildman–Crippen LogP) is 3.24. The van der Waals surface area contributed by atoms with E-state index in [0.29, 0.717) is 6.54 Å². The van der Waals surface area contributed by atoms with Crippen molar-refractivity contribution in [1.29, 1.82) is 0 Å². The molecule has 0 saturated heterocycles. The molecule has 0 aromatic heterocycles. The number of carbonyl (C=O) groups excluding carboxylic acids is 2. The van der Waals surface area contributed by atoms with Crippen LogP contribution < -0.4 is 10.6 Å². The molecular weight excluding hydrogens is 498 g/mol. The van der Waals surface area contributed by atoms with E-state index >= 15 is 0 Å². The molecule has 9 heteroatoms. The highest BCUT2D eigenvalue weighted by molar-refractivity contribution is 5.89. The third kappa shape index (κ3) is 7.01. The second-order valence-corrected chi connectivity index (χ2v) is 9.56. The molecule has 0 aliphatic heterocycles. The fourth-order valence-electron chi connectivity index (χ4n) is 4.86. The Balaban J connectivity index is 1.35. The van der Waals surface area contributed by atoms with Gasteiger partial charge in [0.25, 0.3) is 0 Å². The first-order chi connectivity index (χ1) is 18.9. The average molecular weight is 532 g/mol. The normalized spacial score (nSPS) is 13.7. The van der Waals surface area contributed by atoms with Crippen molar-refractivity contribution in [2.24, 2.45) is 0 Å². The Kier molecular flexibility index (Phi) is 9.30. The summed E-state index contributed by atoms with van der Waals surface area (Å²) < 4.78 is 10.6. The van der Waals surface area contributed by atoms with Crippen molar-refractivity contribution >= 4 is 18.0 Å². The number of carbonyl (C=O) groups is 3. The Labute approximate surface area is 227 Å². The lowest BCUT2D eigenvalue weighted by atomic mass is 9.98. The van der Waals surface area contributed by atoms with Gasteiger partial charge in [-0.2, -0.15) is 0 Å². The number of benzene rings is 3. The minimum Gasteiger partial charge on any atom is -0.480 e. The van der Waals surface area contributed by atoms with Crippen LogP contribution in [0.15, 0.2) is 78.9 Å². The zero-order valence-corrected chi connectivity index (χ0v) is 22.0. The molecule has 1 aliphatic carbocycles. The highest BCUT2D eigenvalue weighted by atomic mass is 16.5. The number of carboxylic acid groups (broad SMARTS) is 1. The number of hydrogen-bond donors (Lipinski definition) is 3. The van der Waals surface area contributed by atoms with Crippen LogP contribution in [-0.4, -0.2) is 74.0 Å². The number of alkyl carbamates (subject to hydrolysis) is 1. The molecular formula is C30H33N3O6. The number of rotatable bonds is 12. The number of likely N-dealkylation sites (N-methyl/N-ethyl adjacent to an activating group) is 1. The summed E-state index contributed by atoms with van der Waals surface area (Å²) in [7, 11) is 3.17. The molecule has 4 rings (SSSR count). The molecule has 1 aliphatic rings. The zero-order valence-electron chi connectivity index (χ0n) is 22.0. The molecule has 39 heavy (non-hydrogen) atoms. The number of aliphatic carboxylic acids is 1. The summed E-state index contributed by atoms with van der Waals surface area (Å²) >= 11 is 0. The molecule has 0 bridgehead atoms. The van der Waals surface area contributed by atoms with E-state index in [1.54, 1.807) is 11.9 Å². The Bertz CT molecular complexity index is 1250. The van der Waals surface area contributed by atoms with Gasteiger partial charge in [0.05, 0.1) is 6.61 Å². The summed E-state index contributed by atoms with van der Waals surface area (Å²) in [5, 5.41) is 14.8. The van der Waals surface area contributed by atoms with Gasteiger partial charge < -0.3 is 25.2 Å². The van der Waals surface area contributed by atoms with E-state index < -0.39 is 30.1 Å². The fourth-order valence-corrected chi connectivity index (χ4v) is 4.86. The van der Waals surface area contributed by atoms with Gasteiger partial charge in [-0.15, -0.1) is 0 Å². The van der Waals surface area contributed by atoms with Gasteiger partial charge in [-0.25, -0.2) is 9.59 Å². The maximum absolute atomic E-state index is 13.0. The van der Waals surface area contributed by atoms with E-state index in [4.69, 9.17) is 9.47 Å². The van der Waals surface area contributed by atoms with Crippen molar-refractivity contribution in [1.82, 2.24) is 15.5 Å². The maximum atomic E-state index is 13.0. The van der Waals surface area contributed by atoms with Crippen LogP contribution in [0.25, 0.3) is 11.1 Å². The molecule has 3 aromatic carbocycles. The standard InChI is InChI=1S/C30H33N3O6/c1-33(16-20-10-4-3-5-11-20)17-26(29(35)36)31-28(34)27(19-38-2)32-30(37)39-18-25-23-14-8-6-12-21(23)22-13-7-9-15-24(22)25/h3-15,25-27H,16-19H2,1-2H3,(H,31,34)(H,32,37)(H,35,36)/t26?,27-/m0/s1. The fraction of sp³-hybridized carbons (Fsp3) is 0.300. The van der Waals surface area contributed by atoms with Crippen LogP contribution in [0, 0.1) is 0 Å². The Hall–Kier alpha value is -4.21. The van der Waals surface area contributed by atoms with Crippen LogP contribution >= 0.6 is 0 Å². The summed E-state index contributed by atoms with van der Waals surface area (Å²) in [6.07, 6.45) is -0.790. The molecule has 0 fully saturated rings. The molecule has 0 saturated carbocycles. The van der Waals surface area contributed by atoms with Crippen LogP contribution in [0.5, 0.6) is 0 Å². The monoisotopic (exact) mass is 531 g/mol. The van der Waals surface area contributed by atoms with Crippen molar-refractivity contribution in [3.63, 3.8) is 0 Å². The van der Waals surface area contributed by atoms with Gasteiger partial charge in [-0.1, -0.05) is 78.9 Å². The molecule has 0 radical (unpaired) electrons. The van der Waals surface area contributed by atoms with Gasteiger partial charge in [0, 0.05) is 26.1 Å². The predicted molar refractivity (Wildman–Crippen MR) is 146 cm³/mol. The zero-order chi connectivity index (χ0) is 27.8. The third-order valence-electron chi connectivity index (χ3n) is 6.69. The number of nitrogens with one attached hydrogen (secondary N) is 2. The van der Waals surface area contributed by atoms with Crippen LogP contribution in [0.3, 0.4) is 0 Å². The summed E-state index contributed by atoms with van der Waals surface area (Å²) in [6, 6.07) is 23.3. The highest BCUT2D eigenvalue weighted by Crippen LogP contribution is 2.44. The van der Waals surface area contributed by atoms with E-state index in [-0.39, 0.29) is 25.7 Å². The first kappa shape index (κ1) is 27.8. The molecule has 2 amide bonds. The summed E-state index contributed by atoms with van der Waals surface area (Å²) in [4.78, 5) is 39.4. The quantitative estimate of drug-likeness (QED) is 0.329. The van der Waals surface area contributed by atoms with Crippen molar-refractivity contribution in [3.05, 3.63) is 95.6 Å². The Morgan fingerprint density at radius 3 is 2.05 bits per heavy atom.